The average Bonchev–Trinajstić information content (AvgIpc) is 4.00. The van der Waals surface area contributed by atoms with Gasteiger partial charge in [-0.15, -0.1) is 0 Å². The molecular formula is C55H91N13O16. The summed E-state index contributed by atoms with van der Waals surface area (Å²) in [6, 6.07) is -13.8. The van der Waals surface area contributed by atoms with E-state index in [0.29, 0.717) is 12.1 Å². The Balaban J connectivity index is 2.37. The molecule has 2 rings (SSSR count). The first-order valence-corrected chi connectivity index (χ1v) is 28.7. The van der Waals surface area contributed by atoms with Crippen molar-refractivity contribution in [3.05, 3.63) is 18.2 Å². The van der Waals surface area contributed by atoms with Gasteiger partial charge >= 0.3 is 11.9 Å². The predicted octanol–water partition coefficient (Wildman–Crippen LogP) is -1.48. The molecule has 1 fully saturated rings. The van der Waals surface area contributed by atoms with E-state index in [4.69, 9.17) is 5.73 Å². The van der Waals surface area contributed by atoms with Crippen LogP contribution in [0, 0.1) is 23.7 Å². The van der Waals surface area contributed by atoms with Crippen molar-refractivity contribution in [2.75, 3.05) is 13.7 Å². The number of likely N-dealkylation sites (N-methyl/N-ethyl adjacent to an activating group) is 1. The van der Waals surface area contributed by atoms with Crippen LogP contribution in [0.1, 0.15) is 151 Å². The van der Waals surface area contributed by atoms with Gasteiger partial charge in [0.15, 0.2) is 0 Å². The predicted molar refractivity (Wildman–Crippen MR) is 303 cm³/mol. The molecule has 0 saturated heterocycles. The van der Waals surface area contributed by atoms with Gasteiger partial charge in [-0.3, -0.25) is 62.3 Å². The fourth-order valence-corrected chi connectivity index (χ4v) is 9.60. The minimum atomic E-state index is -1.64. The zero-order chi connectivity index (χ0) is 63.5. The summed E-state index contributed by atoms with van der Waals surface area (Å²) >= 11 is 0. The molecule has 1 heterocycles. The third kappa shape index (κ3) is 25.0. The summed E-state index contributed by atoms with van der Waals surface area (Å²) in [5.41, 5.74) is 5.96. The lowest BCUT2D eigenvalue weighted by atomic mass is 9.84. The summed E-state index contributed by atoms with van der Waals surface area (Å²) in [5, 5.41) is 51.6. The monoisotopic (exact) mass is 1190 g/mol. The van der Waals surface area contributed by atoms with Gasteiger partial charge in [0.1, 0.15) is 60.4 Å². The van der Waals surface area contributed by atoms with E-state index >= 15 is 0 Å². The second kappa shape index (κ2) is 36.1. The van der Waals surface area contributed by atoms with Crippen molar-refractivity contribution in [1.82, 2.24) is 62.7 Å². The van der Waals surface area contributed by atoms with Crippen molar-refractivity contribution in [2.45, 2.75) is 213 Å². The van der Waals surface area contributed by atoms with Gasteiger partial charge in [0.2, 0.25) is 65.0 Å². The van der Waals surface area contributed by atoms with Crippen LogP contribution in [-0.2, 0) is 68.7 Å². The molecule has 1 aliphatic carbocycles. The highest BCUT2D eigenvalue weighted by atomic mass is 16.4. The van der Waals surface area contributed by atoms with Crippen LogP contribution in [0.3, 0.4) is 0 Å². The van der Waals surface area contributed by atoms with E-state index in [-0.39, 0.29) is 49.9 Å². The summed E-state index contributed by atoms with van der Waals surface area (Å²) < 4.78 is 0. The van der Waals surface area contributed by atoms with Gasteiger partial charge in [0, 0.05) is 38.7 Å². The highest BCUT2D eigenvalue weighted by Crippen LogP contribution is 2.28. The maximum atomic E-state index is 14.7. The van der Waals surface area contributed by atoms with E-state index < -0.39 is 169 Å². The van der Waals surface area contributed by atoms with Crippen LogP contribution in [0.25, 0.3) is 0 Å². The number of carbonyl (C=O) groups is 13. The molecular weight excluding hydrogens is 1100 g/mol. The number of amides is 11. The molecule has 29 nitrogen and oxygen atoms in total. The Bertz CT molecular complexity index is 2400. The van der Waals surface area contributed by atoms with Crippen LogP contribution in [0.5, 0.6) is 0 Å². The lowest BCUT2D eigenvalue weighted by Gasteiger charge is -2.34. The van der Waals surface area contributed by atoms with Gasteiger partial charge in [0.05, 0.1) is 19.4 Å². The van der Waals surface area contributed by atoms with Gasteiger partial charge < -0.3 is 78.8 Å². The lowest BCUT2D eigenvalue weighted by Crippen LogP contribution is -2.61. The molecule has 1 aromatic heterocycles. The van der Waals surface area contributed by atoms with Gasteiger partial charge in [0.25, 0.3) is 0 Å². The van der Waals surface area contributed by atoms with E-state index in [0.717, 1.165) is 43.9 Å². The molecule has 1 aliphatic rings. The normalized spacial score (nSPS) is 16.4. The second-order valence-corrected chi connectivity index (χ2v) is 22.5. The van der Waals surface area contributed by atoms with Gasteiger partial charge in [-0.25, -0.2) is 4.98 Å². The fraction of sp³-hybridized carbons (Fsp3) is 0.709. The Morgan fingerprint density at radius 3 is 1.67 bits per heavy atom. The molecule has 1 saturated carbocycles. The molecule has 0 spiro atoms. The number of aliphatic hydroxyl groups excluding tert-OH is 1. The Morgan fingerprint density at radius 2 is 1.14 bits per heavy atom. The first kappa shape index (κ1) is 72.4. The average molecular weight is 1190 g/mol. The van der Waals surface area contributed by atoms with Crippen molar-refractivity contribution in [3.63, 3.8) is 0 Å². The highest BCUT2D eigenvalue weighted by molar-refractivity contribution is 5.99. The molecule has 472 valence electrons. The van der Waals surface area contributed by atoms with E-state index in [9.17, 15) is 77.6 Å². The smallest absolute Gasteiger partial charge is 0.305 e. The molecule has 29 heteroatoms. The summed E-state index contributed by atoms with van der Waals surface area (Å²) in [6.07, 6.45) is 5.57. The van der Waals surface area contributed by atoms with Crippen molar-refractivity contribution >= 4 is 76.9 Å². The van der Waals surface area contributed by atoms with Gasteiger partial charge in [-0.2, -0.15) is 0 Å². The van der Waals surface area contributed by atoms with Crippen molar-refractivity contribution in [3.8, 4) is 0 Å². The summed E-state index contributed by atoms with van der Waals surface area (Å²) in [6.45, 7) is 13.6. The van der Waals surface area contributed by atoms with Gasteiger partial charge in [-0.05, 0) is 62.7 Å². The molecule has 1 aromatic rings. The molecule has 0 bridgehead atoms. The number of aromatic amines is 1. The number of primary amides is 1. The number of hydrogen-bond acceptors (Lipinski definition) is 15. The van der Waals surface area contributed by atoms with E-state index in [1.807, 2.05) is 13.8 Å². The number of H-pyrrole nitrogens is 1. The minimum absolute atomic E-state index is 0.0150. The number of aliphatic carboxylic acids is 2. The standard InChI is InChI=1S/C55H91N13O16/c1-11-30(7)45(67-51(80)37(21-29(5)6)63-48(77)35(18-19-43(71)72)61-50(79)39(24-44(73)74)60-32(9)70)54(83)65-40(22-33-16-14-13-15-17-33)55(84)68(10)42(12-2)53(82)59-31(8)47(76)66-41(26-69)52(81)64-38(23-34-25-57-27-58-34)49(78)62-36(46(56)75)20-28(3)4/h25,27-31,33,35-42,45,69H,11-24,26H2,1-10H3,(H2,56,75)(H,57,58)(H,59,82)(H,60,70)(H,61,79)(H,62,78)(H,63,77)(H,64,81)(H,65,83)(H,66,76)(H,67,80)(H,71,72)(H,73,74)/t30-,31-,35+,36-,37-,38-,39-,40-,41-,42-,45-/m0/s1. The maximum Gasteiger partial charge on any atom is 0.305 e. The maximum absolute atomic E-state index is 14.7. The number of carboxylic acid groups (broad SMARTS) is 2. The largest absolute Gasteiger partial charge is 0.481 e. The van der Waals surface area contributed by atoms with Gasteiger partial charge in [-0.1, -0.05) is 87.0 Å². The molecule has 0 radical (unpaired) electrons. The molecule has 15 N–H and O–H groups in total. The molecule has 0 aromatic carbocycles. The number of imidazole rings is 1. The fourth-order valence-electron chi connectivity index (χ4n) is 9.60. The van der Waals surface area contributed by atoms with E-state index in [1.54, 1.807) is 34.6 Å². The van der Waals surface area contributed by atoms with Crippen LogP contribution < -0.4 is 53.6 Å². The number of aliphatic hydroxyl groups is 1. The molecule has 11 atom stereocenters. The van der Waals surface area contributed by atoms with Crippen LogP contribution in [0.2, 0.25) is 0 Å². The Kier molecular flexibility index (Phi) is 31.1. The van der Waals surface area contributed by atoms with Crippen LogP contribution in [-0.4, -0.2) is 181 Å². The second-order valence-electron chi connectivity index (χ2n) is 22.5. The van der Waals surface area contributed by atoms with Crippen LogP contribution in [0.4, 0.5) is 0 Å². The lowest BCUT2D eigenvalue weighted by molar-refractivity contribution is -0.143. The van der Waals surface area contributed by atoms with Crippen molar-refractivity contribution in [1.29, 1.82) is 0 Å². The Labute approximate surface area is 489 Å². The number of nitrogens with zero attached hydrogens (tertiary/aromatic N) is 2. The van der Waals surface area contributed by atoms with E-state index in [2.05, 4.69) is 57.8 Å². The number of nitrogens with two attached hydrogens (primary N) is 1. The molecule has 0 aliphatic heterocycles. The first-order valence-electron chi connectivity index (χ1n) is 28.7. The summed E-state index contributed by atoms with van der Waals surface area (Å²) in [5.74, 6) is -13.1. The number of hydrogen-bond donors (Lipinski definition) is 14. The SMILES string of the molecule is CC[C@H](C)[C@H](NC(=O)[C@H](CC(C)C)NC(=O)[C@@H](CCC(=O)O)NC(=O)[C@H](CC(=O)O)NC(C)=O)C(=O)N[C@@H](CC1CCCCC1)C(=O)N(C)[C@@H](CC)C(=O)N[C@@H](C)C(=O)N[C@@H](CO)C(=O)N[C@@H](Cc1cnc[nH]1)C(=O)N[C@@H](CC(C)C)C(N)=O. The Hall–Kier alpha value is -7.72. The molecule has 11 amide bonds. The third-order valence-corrected chi connectivity index (χ3v) is 14.4. The van der Waals surface area contributed by atoms with Crippen LogP contribution in [0.15, 0.2) is 12.5 Å². The summed E-state index contributed by atoms with van der Waals surface area (Å²) in [7, 11) is 1.36. The molecule has 0 unspecified atom stereocenters. The quantitative estimate of drug-likeness (QED) is 0.0361. The van der Waals surface area contributed by atoms with Crippen molar-refractivity contribution < 1.29 is 77.6 Å². The number of aromatic nitrogens is 2. The number of carbonyl (C=O) groups excluding carboxylic acids is 11. The van der Waals surface area contributed by atoms with Crippen LogP contribution >= 0.6 is 0 Å². The zero-order valence-corrected chi connectivity index (χ0v) is 50.0. The number of nitrogens with one attached hydrogen (secondary N) is 10. The molecule has 84 heavy (non-hydrogen) atoms. The Morgan fingerprint density at radius 1 is 0.619 bits per heavy atom. The highest BCUT2D eigenvalue weighted by Gasteiger charge is 2.39. The number of carboxylic acids is 2. The van der Waals surface area contributed by atoms with Crippen molar-refractivity contribution in [2.24, 2.45) is 29.4 Å². The topological polar surface area (TPSA) is 449 Å². The minimum Gasteiger partial charge on any atom is -0.481 e. The summed E-state index contributed by atoms with van der Waals surface area (Å²) in [4.78, 5) is 180. The number of rotatable bonds is 37. The first-order chi connectivity index (χ1) is 39.4. The third-order valence-electron chi connectivity index (χ3n) is 14.4. The zero-order valence-electron chi connectivity index (χ0n) is 50.0. The van der Waals surface area contributed by atoms with E-state index in [1.165, 1.54) is 26.5 Å².